The quantitative estimate of drug-likeness (QED) is 0.184. The van der Waals surface area contributed by atoms with Gasteiger partial charge in [-0.1, -0.05) is 128 Å². The number of pyridine rings is 1. The zero-order valence-electron chi connectivity index (χ0n) is 26.1. The zero-order chi connectivity index (χ0) is 31.3. The minimum Gasteiger partial charge on any atom is -0.296 e. The molecule has 0 spiro atoms. The van der Waals surface area contributed by atoms with Crippen molar-refractivity contribution in [3.8, 4) is 39.1 Å². The number of imidazole rings is 1. The van der Waals surface area contributed by atoms with Crippen LogP contribution in [0.5, 0.6) is 0 Å². The van der Waals surface area contributed by atoms with Gasteiger partial charge in [0.2, 0.25) is 0 Å². The number of para-hydroxylation sites is 2. The van der Waals surface area contributed by atoms with E-state index >= 15 is 0 Å². The van der Waals surface area contributed by atoms with E-state index in [9.17, 15) is 0 Å². The second-order valence-corrected chi connectivity index (χ2v) is 12.0. The topological polar surface area (TPSA) is 30.7 Å². The number of hydrogen-bond donors (Lipinski definition) is 0. The fraction of sp³-hybridized carbons (Fsp3) is 0.0455. The largest absolute Gasteiger partial charge is 0.296 e. The Kier molecular flexibility index (Phi) is 6.43. The van der Waals surface area contributed by atoms with Crippen molar-refractivity contribution in [1.29, 1.82) is 0 Å². The Morgan fingerprint density at radius 1 is 0.489 bits per heavy atom. The van der Waals surface area contributed by atoms with Crippen molar-refractivity contribution in [1.82, 2.24) is 14.5 Å². The van der Waals surface area contributed by atoms with Crippen LogP contribution < -0.4 is 0 Å². The lowest BCUT2D eigenvalue weighted by molar-refractivity contribution is 0.913. The molecular formula is C44H31N3. The Morgan fingerprint density at radius 3 is 1.72 bits per heavy atom. The molecule has 0 bridgehead atoms. The molecular weight excluding hydrogens is 571 g/mol. The van der Waals surface area contributed by atoms with E-state index in [0.717, 1.165) is 34.5 Å². The van der Waals surface area contributed by atoms with E-state index in [4.69, 9.17) is 4.98 Å². The van der Waals surface area contributed by atoms with Gasteiger partial charge in [-0.05, 0) is 79.0 Å². The monoisotopic (exact) mass is 601 g/mol. The lowest BCUT2D eigenvalue weighted by atomic mass is 9.83. The van der Waals surface area contributed by atoms with Crippen molar-refractivity contribution in [3.05, 3.63) is 164 Å². The summed E-state index contributed by atoms with van der Waals surface area (Å²) in [5, 5.41) is 7.38. The molecule has 0 saturated carbocycles. The molecule has 222 valence electrons. The molecule has 9 aromatic rings. The van der Waals surface area contributed by atoms with E-state index in [-0.39, 0.29) is 0 Å². The zero-order valence-corrected chi connectivity index (χ0v) is 26.1. The maximum absolute atomic E-state index is 5.00. The van der Waals surface area contributed by atoms with Crippen LogP contribution in [0.3, 0.4) is 0 Å². The van der Waals surface area contributed by atoms with Crippen LogP contribution in [-0.4, -0.2) is 14.5 Å². The van der Waals surface area contributed by atoms with Gasteiger partial charge in [0.25, 0.3) is 0 Å². The van der Waals surface area contributed by atoms with E-state index < -0.39 is 0 Å². The predicted molar refractivity (Wildman–Crippen MR) is 197 cm³/mol. The molecule has 0 unspecified atom stereocenters. The van der Waals surface area contributed by atoms with Crippen molar-refractivity contribution in [2.45, 2.75) is 13.3 Å². The number of fused-ring (bicyclic) bond motifs is 4. The van der Waals surface area contributed by atoms with Gasteiger partial charge >= 0.3 is 0 Å². The molecule has 3 nitrogen and oxygen atoms in total. The fourth-order valence-electron chi connectivity index (χ4n) is 7.46. The summed E-state index contributed by atoms with van der Waals surface area (Å²) in [6.07, 6.45) is 4.64. The number of aromatic nitrogens is 3. The normalized spacial score (nSPS) is 11.6. The van der Waals surface area contributed by atoms with Gasteiger partial charge in [-0.3, -0.25) is 9.55 Å². The minimum absolute atomic E-state index is 0.849. The second kappa shape index (κ2) is 11.1. The summed E-state index contributed by atoms with van der Waals surface area (Å²) in [5.41, 5.74) is 10.5. The molecule has 47 heavy (non-hydrogen) atoms. The van der Waals surface area contributed by atoms with E-state index in [1.54, 1.807) is 0 Å². The molecule has 0 saturated heterocycles. The van der Waals surface area contributed by atoms with Crippen LogP contribution in [0.1, 0.15) is 12.7 Å². The summed E-state index contributed by atoms with van der Waals surface area (Å²) in [5.74, 6) is 1.07. The first-order valence-electron chi connectivity index (χ1n) is 16.2. The van der Waals surface area contributed by atoms with Crippen molar-refractivity contribution >= 4 is 43.4 Å². The first-order valence-corrected chi connectivity index (χ1v) is 16.2. The molecule has 0 fully saturated rings. The number of benzene rings is 7. The fourth-order valence-corrected chi connectivity index (χ4v) is 7.46. The SMILES string of the molecule is CCc1nc2ccccc2n1-c1ccc(-c2c3ccccc3c(-c3ccccc3-c3cccnc3)c3ccccc23)c2ccccc12. The summed E-state index contributed by atoms with van der Waals surface area (Å²) in [4.78, 5) is 9.45. The summed E-state index contributed by atoms with van der Waals surface area (Å²) in [6.45, 7) is 2.18. The Hall–Kier alpha value is -6.06. The molecule has 2 heterocycles. The van der Waals surface area contributed by atoms with Crippen LogP contribution in [0.4, 0.5) is 0 Å². The van der Waals surface area contributed by atoms with Gasteiger partial charge in [0.05, 0.1) is 16.7 Å². The van der Waals surface area contributed by atoms with Gasteiger partial charge in [-0.25, -0.2) is 4.98 Å². The lowest BCUT2D eigenvalue weighted by Gasteiger charge is -2.21. The Morgan fingerprint density at radius 2 is 1.06 bits per heavy atom. The Balaban J connectivity index is 1.37. The van der Waals surface area contributed by atoms with E-state index in [2.05, 4.69) is 156 Å². The van der Waals surface area contributed by atoms with Crippen molar-refractivity contribution in [2.75, 3.05) is 0 Å². The standard InChI is InChI=1S/C44H31N3/c1-2-42-46-39-23-11-12-24-41(39)47(42)40-26-25-38(31-16-4-5-17-32(31)40)44-36-21-9-7-19-34(36)43(35-20-8-10-22-37(35)44)33-18-6-3-15-30(33)29-14-13-27-45-28-29/h3-28H,2H2,1H3. The Bertz CT molecular complexity index is 2560. The van der Waals surface area contributed by atoms with Gasteiger partial charge in [-0.2, -0.15) is 0 Å². The minimum atomic E-state index is 0.849. The number of hydrogen-bond acceptors (Lipinski definition) is 2. The van der Waals surface area contributed by atoms with Crippen LogP contribution in [0.15, 0.2) is 158 Å². The third kappa shape index (κ3) is 4.28. The highest BCUT2D eigenvalue weighted by Crippen LogP contribution is 2.47. The maximum Gasteiger partial charge on any atom is 0.114 e. The molecule has 7 aromatic carbocycles. The third-order valence-electron chi connectivity index (χ3n) is 9.46. The van der Waals surface area contributed by atoms with Gasteiger partial charge in [-0.15, -0.1) is 0 Å². The van der Waals surface area contributed by atoms with Crippen molar-refractivity contribution in [3.63, 3.8) is 0 Å². The highest BCUT2D eigenvalue weighted by molar-refractivity contribution is 6.24. The summed E-state index contributed by atoms with van der Waals surface area (Å²) >= 11 is 0. The van der Waals surface area contributed by atoms with Crippen LogP contribution in [0, 0.1) is 0 Å². The number of aryl methyl sites for hydroxylation is 1. The van der Waals surface area contributed by atoms with Crippen LogP contribution in [0.2, 0.25) is 0 Å². The molecule has 2 aromatic heterocycles. The second-order valence-electron chi connectivity index (χ2n) is 12.0. The summed E-state index contributed by atoms with van der Waals surface area (Å²) in [6, 6.07) is 52.6. The smallest absolute Gasteiger partial charge is 0.114 e. The molecule has 3 heteroatoms. The van der Waals surface area contributed by atoms with E-state index in [1.807, 2.05) is 18.5 Å². The molecule has 0 amide bonds. The predicted octanol–water partition coefficient (Wildman–Crippen LogP) is 11.4. The number of nitrogens with zero attached hydrogens (tertiary/aromatic N) is 3. The average Bonchev–Trinajstić information content (AvgIpc) is 3.52. The van der Waals surface area contributed by atoms with E-state index in [0.29, 0.717) is 0 Å². The van der Waals surface area contributed by atoms with E-state index in [1.165, 1.54) is 60.1 Å². The molecule has 0 aliphatic heterocycles. The van der Waals surface area contributed by atoms with Crippen LogP contribution in [0.25, 0.3) is 82.4 Å². The van der Waals surface area contributed by atoms with Gasteiger partial charge in [0.15, 0.2) is 0 Å². The maximum atomic E-state index is 5.00. The van der Waals surface area contributed by atoms with Crippen LogP contribution in [-0.2, 0) is 6.42 Å². The molecule has 9 rings (SSSR count). The van der Waals surface area contributed by atoms with Gasteiger partial charge in [0.1, 0.15) is 5.82 Å². The first-order chi connectivity index (χ1) is 23.3. The third-order valence-corrected chi connectivity index (χ3v) is 9.46. The van der Waals surface area contributed by atoms with Crippen molar-refractivity contribution in [2.24, 2.45) is 0 Å². The summed E-state index contributed by atoms with van der Waals surface area (Å²) < 4.78 is 2.34. The van der Waals surface area contributed by atoms with Gasteiger partial charge in [0, 0.05) is 29.8 Å². The van der Waals surface area contributed by atoms with Crippen LogP contribution >= 0.6 is 0 Å². The molecule has 0 aliphatic carbocycles. The van der Waals surface area contributed by atoms with Gasteiger partial charge < -0.3 is 0 Å². The average molecular weight is 602 g/mol. The summed E-state index contributed by atoms with van der Waals surface area (Å²) in [7, 11) is 0. The molecule has 0 radical (unpaired) electrons. The first kappa shape index (κ1) is 27.3. The highest BCUT2D eigenvalue weighted by atomic mass is 15.1. The highest BCUT2D eigenvalue weighted by Gasteiger charge is 2.21. The lowest BCUT2D eigenvalue weighted by Crippen LogP contribution is -2.01. The molecule has 0 N–H and O–H groups in total. The molecule has 0 atom stereocenters. The number of rotatable bonds is 5. The molecule has 0 aliphatic rings. The van der Waals surface area contributed by atoms with Crippen molar-refractivity contribution < 1.29 is 0 Å². The Labute approximate surface area is 273 Å².